The van der Waals surface area contributed by atoms with Crippen LogP contribution in [0.2, 0.25) is 0 Å². The molecule has 5 heteroatoms. The Labute approximate surface area is 178 Å². The van der Waals surface area contributed by atoms with Crippen LogP contribution >= 0.6 is 0 Å². The molecule has 5 nitrogen and oxygen atoms in total. The molecule has 1 aliphatic heterocycles. The van der Waals surface area contributed by atoms with Gasteiger partial charge < -0.3 is 9.47 Å². The van der Waals surface area contributed by atoms with E-state index in [1.54, 1.807) is 0 Å². The van der Waals surface area contributed by atoms with E-state index in [0.29, 0.717) is 0 Å². The van der Waals surface area contributed by atoms with Crippen LogP contribution in [-0.4, -0.2) is 27.0 Å². The molecule has 5 rings (SSSR count). The lowest BCUT2D eigenvalue weighted by Gasteiger charge is -2.32. The van der Waals surface area contributed by atoms with Crippen molar-refractivity contribution in [2.75, 3.05) is 11.4 Å². The molecule has 2 aromatic carbocycles. The highest BCUT2D eigenvalue weighted by molar-refractivity contribution is 5.99. The minimum Gasteiger partial charge on any atom is -0.333 e. The van der Waals surface area contributed by atoms with Gasteiger partial charge in [0, 0.05) is 19.3 Å². The number of carbonyl (C=O) groups excluding carboxylic acids is 1. The van der Waals surface area contributed by atoms with Crippen LogP contribution in [0.25, 0.3) is 0 Å². The predicted octanol–water partition coefficient (Wildman–Crippen LogP) is 5.39. The van der Waals surface area contributed by atoms with Gasteiger partial charge in [0.1, 0.15) is 5.82 Å². The number of anilines is 2. The Hall–Kier alpha value is -3.08. The van der Waals surface area contributed by atoms with E-state index in [9.17, 15) is 4.79 Å². The topological polar surface area (TPSA) is 41.4 Å². The van der Waals surface area contributed by atoms with E-state index in [0.717, 1.165) is 49.4 Å². The van der Waals surface area contributed by atoms with Gasteiger partial charge in [-0.1, -0.05) is 36.4 Å². The summed E-state index contributed by atoms with van der Waals surface area (Å²) in [6, 6.07) is 19.9. The fraction of sp³-hybridized carbons (Fsp3) is 0.360. The molecular formula is C25H28N4O. The highest BCUT2D eigenvalue weighted by Crippen LogP contribution is 2.37. The van der Waals surface area contributed by atoms with Crippen LogP contribution in [0.5, 0.6) is 0 Å². The largest absolute Gasteiger partial charge is 0.333 e. The Morgan fingerprint density at radius 3 is 2.20 bits per heavy atom. The molecule has 1 atom stereocenters. The van der Waals surface area contributed by atoms with Crippen LogP contribution in [0.3, 0.4) is 0 Å². The Morgan fingerprint density at radius 2 is 1.57 bits per heavy atom. The number of hydrogen-bond donors (Lipinski definition) is 0. The number of imidazole rings is 1. The molecule has 2 amide bonds. The van der Waals surface area contributed by atoms with E-state index in [2.05, 4.69) is 11.6 Å². The molecule has 3 aromatic rings. The van der Waals surface area contributed by atoms with Crippen LogP contribution in [0.4, 0.5) is 16.2 Å². The van der Waals surface area contributed by atoms with Gasteiger partial charge in [0.2, 0.25) is 0 Å². The summed E-state index contributed by atoms with van der Waals surface area (Å²) in [4.78, 5) is 22.8. The van der Waals surface area contributed by atoms with Gasteiger partial charge in [-0.15, -0.1) is 0 Å². The van der Waals surface area contributed by atoms with Crippen molar-refractivity contribution in [2.24, 2.45) is 7.05 Å². The number of urea groups is 1. The van der Waals surface area contributed by atoms with Crippen molar-refractivity contribution in [1.82, 2.24) is 14.5 Å². The SMILES string of the molecule is Cn1c([C@H]2CCCN2C(=O)N(c2ccccc2)c2ccccc2)nc2c1CCCC2. The summed E-state index contributed by atoms with van der Waals surface area (Å²) < 4.78 is 2.26. The van der Waals surface area contributed by atoms with Gasteiger partial charge in [0.05, 0.1) is 23.1 Å². The monoisotopic (exact) mass is 400 g/mol. The van der Waals surface area contributed by atoms with Crippen LogP contribution < -0.4 is 4.90 Å². The lowest BCUT2D eigenvalue weighted by atomic mass is 10.0. The fourth-order valence-electron chi connectivity index (χ4n) is 4.92. The molecule has 154 valence electrons. The van der Waals surface area contributed by atoms with Gasteiger partial charge in [-0.25, -0.2) is 9.78 Å². The van der Waals surface area contributed by atoms with Crippen molar-refractivity contribution in [3.8, 4) is 0 Å². The Balaban J connectivity index is 1.51. The second-order valence-electron chi connectivity index (χ2n) is 8.27. The normalized spacial score (nSPS) is 18.3. The maximum atomic E-state index is 13.9. The minimum absolute atomic E-state index is 0.0240. The van der Waals surface area contributed by atoms with E-state index >= 15 is 0 Å². The highest BCUT2D eigenvalue weighted by Gasteiger charge is 2.37. The molecule has 2 heterocycles. The summed E-state index contributed by atoms with van der Waals surface area (Å²) in [7, 11) is 2.12. The lowest BCUT2D eigenvalue weighted by molar-refractivity contribution is 0.199. The van der Waals surface area contributed by atoms with Gasteiger partial charge in [-0.05, 0) is 62.8 Å². The maximum Gasteiger partial charge on any atom is 0.329 e. The predicted molar refractivity (Wildman–Crippen MR) is 119 cm³/mol. The number of rotatable bonds is 3. The van der Waals surface area contributed by atoms with Gasteiger partial charge >= 0.3 is 6.03 Å². The van der Waals surface area contributed by atoms with Crippen LogP contribution in [-0.2, 0) is 19.9 Å². The molecule has 1 aliphatic carbocycles. The summed E-state index contributed by atoms with van der Waals surface area (Å²) in [5.41, 5.74) is 4.37. The number of fused-ring (bicyclic) bond motifs is 1. The first-order valence-electron chi connectivity index (χ1n) is 11.0. The second kappa shape index (κ2) is 7.98. The molecule has 2 aliphatic rings. The highest BCUT2D eigenvalue weighted by atomic mass is 16.2. The average Bonchev–Trinajstić information content (AvgIpc) is 3.40. The van der Waals surface area contributed by atoms with Crippen molar-refractivity contribution in [3.05, 3.63) is 77.9 Å². The molecule has 0 saturated carbocycles. The summed E-state index contributed by atoms with van der Waals surface area (Å²) in [6.07, 6.45) is 6.57. The summed E-state index contributed by atoms with van der Waals surface area (Å²) in [5, 5.41) is 0. The first kappa shape index (κ1) is 18.9. The van der Waals surface area contributed by atoms with Gasteiger partial charge in [0.25, 0.3) is 0 Å². The molecule has 0 spiro atoms. The number of hydrogen-bond acceptors (Lipinski definition) is 2. The summed E-state index contributed by atoms with van der Waals surface area (Å²) in [5.74, 6) is 1.05. The molecule has 30 heavy (non-hydrogen) atoms. The number of aromatic nitrogens is 2. The van der Waals surface area contributed by atoms with Gasteiger partial charge in [-0.3, -0.25) is 4.90 Å². The summed E-state index contributed by atoms with van der Waals surface area (Å²) in [6.45, 7) is 0.761. The third-order valence-corrected chi connectivity index (χ3v) is 6.42. The number of para-hydroxylation sites is 2. The Kier molecular flexibility index (Phi) is 5.03. The first-order valence-corrected chi connectivity index (χ1v) is 11.0. The molecule has 0 unspecified atom stereocenters. The third-order valence-electron chi connectivity index (χ3n) is 6.42. The van der Waals surface area contributed by atoms with E-state index in [1.807, 2.05) is 70.5 Å². The Morgan fingerprint density at radius 1 is 0.933 bits per heavy atom. The number of carbonyl (C=O) groups is 1. The van der Waals surface area contributed by atoms with Crippen LogP contribution in [0, 0.1) is 0 Å². The molecule has 0 bridgehead atoms. The van der Waals surface area contributed by atoms with E-state index in [-0.39, 0.29) is 12.1 Å². The molecule has 1 aromatic heterocycles. The zero-order valence-electron chi connectivity index (χ0n) is 17.5. The number of benzene rings is 2. The second-order valence-corrected chi connectivity index (χ2v) is 8.27. The Bertz CT molecular complexity index is 989. The van der Waals surface area contributed by atoms with Crippen molar-refractivity contribution in [2.45, 2.75) is 44.6 Å². The van der Waals surface area contributed by atoms with Crippen molar-refractivity contribution in [1.29, 1.82) is 0 Å². The quantitative estimate of drug-likeness (QED) is 0.591. The maximum absolute atomic E-state index is 13.9. The lowest BCUT2D eigenvalue weighted by Crippen LogP contribution is -2.41. The first-order chi connectivity index (χ1) is 14.7. The van der Waals surface area contributed by atoms with E-state index in [4.69, 9.17) is 4.98 Å². The molecule has 0 radical (unpaired) electrons. The minimum atomic E-state index is 0.0240. The molecule has 1 saturated heterocycles. The zero-order valence-corrected chi connectivity index (χ0v) is 17.5. The average molecular weight is 401 g/mol. The van der Waals surface area contributed by atoms with Crippen LogP contribution in [0.15, 0.2) is 60.7 Å². The molecule has 1 fully saturated rings. The van der Waals surface area contributed by atoms with Crippen molar-refractivity contribution >= 4 is 17.4 Å². The number of likely N-dealkylation sites (tertiary alicyclic amines) is 1. The van der Waals surface area contributed by atoms with Crippen molar-refractivity contribution < 1.29 is 4.79 Å². The standard InChI is InChI=1S/C25H28N4O/c1-27-22-16-9-8-15-21(22)26-24(27)23-17-10-18-28(23)25(30)29(19-11-4-2-5-12-19)20-13-6-3-7-14-20/h2-7,11-14,23H,8-10,15-18H2,1H3/t23-/m1/s1. The molecular weight excluding hydrogens is 372 g/mol. The van der Waals surface area contributed by atoms with Gasteiger partial charge in [-0.2, -0.15) is 0 Å². The number of aryl methyl sites for hydroxylation is 1. The van der Waals surface area contributed by atoms with Gasteiger partial charge in [0.15, 0.2) is 0 Å². The van der Waals surface area contributed by atoms with Crippen LogP contribution in [0.1, 0.15) is 48.9 Å². The third kappa shape index (κ3) is 3.28. The number of nitrogens with zero attached hydrogens (tertiary/aromatic N) is 4. The van der Waals surface area contributed by atoms with Crippen molar-refractivity contribution in [3.63, 3.8) is 0 Å². The zero-order chi connectivity index (χ0) is 20.5. The molecule has 0 N–H and O–H groups in total. The fourth-order valence-corrected chi connectivity index (χ4v) is 4.92. The van der Waals surface area contributed by atoms with E-state index in [1.165, 1.54) is 24.2 Å². The summed E-state index contributed by atoms with van der Waals surface area (Å²) >= 11 is 0. The number of amides is 2. The smallest absolute Gasteiger partial charge is 0.329 e. The van der Waals surface area contributed by atoms with E-state index < -0.39 is 0 Å².